The summed E-state index contributed by atoms with van der Waals surface area (Å²) in [6.07, 6.45) is 5.97. The molecular weight excluding hydrogens is 372 g/mol. The van der Waals surface area contributed by atoms with Gasteiger partial charge in [0.25, 0.3) is 0 Å². The molecule has 166 valence electrons. The van der Waals surface area contributed by atoms with Gasteiger partial charge in [-0.2, -0.15) is 0 Å². The first-order chi connectivity index (χ1) is 13.8. The van der Waals surface area contributed by atoms with Crippen LogP contribution in [0, 0.1) is 34.5 Å². The lowest BCUT2D eigenvalue weighted by Gasteiger charge is -2.57. The van der Waals surface area contributed by atoms with E-state index in [4.69, 9.17) is 14.2 Å². The Balaban J connectivity index is 1.60. The van der Waals surface area contributed by atoms with Crippen molar-refractivity contribution < 1.29 is 29.2 Å². The number of rotatable bonds is 4. The van der Waals surface area contributed by atoms with Crippen LogP contribution in [0.25, 0.3) is 0 Å². The van der Waals surface area contributed by atoms with Crippen LogP contribution in [0.4, 0.5) is 0 Å². The standard InChI is InChI=1S/C23H38O6/c1-15(25)27-14-16-12-17(26)4-7-21(16,2)19-5-8-22(3)20(18(19)13-24)6-9-23(22)28-10-11-29-23/h16-20,24,26H,4-14H2,1-3H3/t16-,17+,18-,19+,20+,21+,22+/m1/s1. The zero-order chi connectivity index (χ0) is 20.9. The van der Waals surface area contributed by atoms with Crippen molar-refractivity contribution >= 4 is 5.97 Å². The van der Waals surface area contributed by atoms with Crippen molar-refractivity contribution in [1.29, 1.82) is 0 Å². The maximum absolute atomic E-state index is 11.5. The molecule has 0 aromatic rings. The van der Waals surface area contributed by atoms with Crippen LogP contribution in [0.3, 0.4) is 0 Å². The van der Waals surface area contributed by atoms with Crippen molar-refractivity contribution in [1.82, 2.24) is 0 Å². The first-order valence-corrected chi connectivity index (χ1v) is 11.5. The molecule has 3 aliphatic carbocycles. The lowest BCUT2D eigenvalue weighted by Crippen LogP contribution is -2.56. The molecule has 4 aliphatic rings. The molecule has 0 amide bonds. The molecule has 0 unspecified atom stereocenters. The van der Waals surface area contributed by atoms with E-state index in [0.717, 1.165) is 38.5 Å². The van der Waals surface area contributed by atoms with Gasteiger partial charge >= 0.3 is 5.97 Å². The zero-order valence-corrected chi connectivity index (χ0v) is 18.2. The maximum Gasteiger partial charge on any atom is 0.302 e. The van der Waals surface area contributed by atoms with Gasteiger partial charge in [0.05, 0.1) is 25.9 Å². The van der Waals surface area contributed by atoms with E-state index in [0.29, 0.717) is 38.1 Å². The summed E-state index contributed by atoms with van der Waals surface area (Å²) in [7, 11) is 0. The SMILES string of the molecule is CC(=O)OC[C@H]1C[C@@H](O)CC[C@]1(C)[C@H]1CC[C@@]2(C)[C@@H](CCC23OCCO3)[C@@H]1CO. The number of carbonyl (C=O) groups excluding carboxylic acids is 1. The number of ether oxygens (including phenoxy) is 3. The van der Waals surface area contributed by atoms with Gasteiger partial charge < -0.3 is 24.4 Å². The Morgan fingerprint density at radius 3 is 2.41 bits per heavy atom. The topological polar surface area (TPSA) is 85.2 Å². The Kier molecular flexibility index (Phi) is 5.77. The monoisotopic (exact) mass is 410 g/mol. The van der Waals surface area contributed by atoms with Crippen LogP contribution >= 0.6 is 0 Å². The smallest absolute Gasteiger partial charge is 0.302 e. The number of aliphatic hydroxyl groups is 2. The number of hydrogen-bond acceptors (Lipinski definition) is 6. The summed E-state index contributed by atoms with van der Waals surface area (Å²) >= 11 is 0. The highest BCUT2D eigenvalue weighted by Crippen LogP contribution is 2.66. The second kappa shape index (κ2) is 7.77. The number of carbonyl (C=O) groups is 1. The van der Waals surface area contributed by atoms with Crippen molar-refractivity contribution in [2.75, 3.05) is 26.4 Å². The van der Waals surface area contributed by atoms with E-state index in [1.54, 1.807) is 0 Å². The molecule has 0 bridgehead atoms. The van der Waals surface area contributed by atoms with Gasteiger partial charge in [-0.1, -0.05) is 13.8 Å². The number of hydrogen-bond donors (Lipinski definition) is 2. The van der Waals surface area contributed by atoms with Crippen LogP contribution in [0.2, 0.25) is 0 Å². The van der Waals surface area contributed by atoms with Crippen LogP contribution in [0.1, 0.15) is 65.7 Å². The summed E-state index contributed by atoms with van der Waals surface area (Å²) < 4.78 is 17.8. The number of esters is 1. The molecule has 4 rings (SSSR count). The first-order valence-electron chi connectivity index (χ1n) is 11.5. The summed E-state index contributed by atoms with van der Waals surface area (Å²) in [6, 6.07) is 0. The fourth-order valence-corrected chi connectivity index (χ4v) is 7.61. The van der Waals surface area contributed by atoms with E-state index in [-0.39, 0.29) is 41.3 Å². The number of aliphatic hydroxyl groups excluding tert-OH is 2. The third kappa shape index (κ3) is 3.35. The molecular formula is C23H38O6. The summed E-state index contributed by atoms with van der Waals surface area (Å²) in [5, 5.41) is 20.8. The van der Waals surface area contributed by atoms with Crippen LogP contribution in [-0.2, 0) is 19.0 Å². The molecule has 2 N–H and O–H groups in total. The average molecular weight is 411 g/mol. The second-order valence-corrected chi connectivity index (χ2v) is 10.4. The van der Waals surface area contributed by atoms with E-state index in [1.807, 2.05) is 0 Å². The highest BCUT2D eigenvalue weighted by atomic mass is 16.7. The minimum absolute atomic E-state index is 0.0590. The fourth-order valence-electron chi connectivity index (χ4n) is 7.61. The molecule has 0 aromatic carbocycles. The van der Waals surface area contributed by atoms with Gasteiger partial charge in [0.1, 0.15) is 0 Å². The molecule has 1 saturated heterocycles. The highest BCUT2D eigenvalue weighted by molar-refractivity contribution is 5.65. The summed E-state index contributed by atoms with van der Waals surface area (Å²) in [5.74, 6) is 0.263. The maximum atomic E-state index is 11.5. The quantitative estimate of drug-likeness (QED) is 0.693. The Morgan fingerprint density at radius 1 is 1.07 bits per heavy atom. The van der Waals surface area contributed by atoms with Gasteiger partial charge in [-0.05, 0) is 61.7 Å². The summed E-state index contributed by atoms with van der Waals surface area (Å²) in [4.78, 5) is 11.5. The van der Waals surface area contributed by atoms with E-state index in [1.165, 1.54) is 6.92 Å². The minimum Gasteiger partial charge on any atom is -0.466 e. The Morgan fingerprint density at radius 2 is 1.76 bits per heavy atom. The lowest BCUT2D eigenvalue weighted by atomic mass is 9.49. The van der Waals surface area contributed by atoms with Crippen molar-refractivity contribution in [3.05, 3.63) is 0 Å². The first kappa shape index (κ1) is 21.5. The average Bonchev–Trinajstić information content (AvgIpc) is 3.28. The van der Waals surface area contributed by atoms with Crippen LogP contribution in [0.5, 0.6) is 0 Å². The highest BCUT2D eigenvalue weighted by Gasteiger charge is 2.66. The largest absolute Gasteiger partial charge is 0.466 e. The lowest BCUT2D eigenvalue weighted by molar-refractivity contribution is -0.246. The van der Waals surface area contributed by atoms with Crippen molar-refractivity contribution in [3.63, 3.8) is 0 Å². The van der Waals surface area contributed by atoms with E-state index < -0.39 is 5.79 Å². The van der Waals surface area contributed by atoms with Gasteiger partial charge in [-0.15, -0.1) is 0 Å². The van der Waals surface area contributed by atoms with Gasteiger partial charge in [0, 0.05) is 31.3 Å². The minimum atomic E-state index is -0.475. The normalized spacial score (nSPS) is 46.6. The van der Waals surface area contributed by atoms with Crippen LogP contribution < -0.4 is 0 Å². The number of fused-ring (bicyclic) bond motifs is 2. The predicted octanol–water partition coefficient (Wildman–Crippen LogP) is 2.89. The third-order valence-corrected chi connectivity index (χ3v) is 9.29. The van der Waals surface area contributed by atoms with Crippen LogP contribution in [-0.4, -0.2) is 54.5 Å². The van der Waals surface area contributed by atoms with Gasteiger partial charge in [-0.3, -0.25) is 4.79 Å². The van der Waals surface area contributed by atoms with Crippen molar-refractivity contribution in [2.45, 2.75) is 77.6 Å². The van der Waals surface area contributed by atoms with E-state index >= 15 is 0 Å². The molecule has 29 heavy (non-hydrogen) atoms. The van der Waals surface area contributed by atoms with Gasteiger partial charge in [-0.25, -0.2) is 0 Å². The molecule has 1 aliphatic heterocycles. The van der Waals surface area contributed by atoms with Gasteiger partial charge in [0.15, 0.2) is 5.79 Å². The predicted molar refractivity (Wildman–Crippen MR) is 107 cm³/mol. The third-order valence-electron chi connectivity index (χ3n) is 9.29. The Hall–Kier alpha value is -0.690. The molecule has 0 radical (unpaired) electrons. The Labute approximate surface area is 174 Å². The van der Waals surface area contributed by atoms with Gasteiger partial charge in [0.2, 0.25) is 0 Å². The molecule has 1 spiro atoms. The molecule has 1 heterocycles. The van der Waals surface area contributed by atoms with Crippen molar-refractivity contribution in [3.8, 4) is 0 Å². The zero-order valence-electron chi connectivity index (χ0n) is 18.2. The Bertz CT molecular complexity index is 616. The van der Waals surface area contributed by atoms with E-state index in [2.05, 4.69) is 13.8 Å². The van der Waals surface area contributed by atoms with Crippen molar-refractivity contribution in [2.24, 2.45) is 34.5 Å². The molecule has 6 heteroatoms. The summed E-state index contributed by atoms with van der Waals surface area (Å²) in [5.41, 5.74) is -0.125. The molecule has 0 aromatic heterocycles. The fraction of sp³-hybridized carbons (Fsp3) is 0.957. The molecule has 6 nitrogen and oxygen atoms in total. The molecule has 3 saturated carbocycles. The van der Waals surface area contributed by atoms with E-state index in [9.17, 15) is 15.0 Å². The van der Waals surface area contributed by atoms with Crippen LogP contribution in [0.15, 0.2) is 0 Å². The molecule has 4 fully saturated rings. The summed E-state index contributed by atoms with van der Waals surface area (Å²) in [6.45, 7) is 7.90. The second-order valence-electron chi connectivity index (χ2n) is 10.4. The molecule has 7 atom stereocenters.